The fourth-order valence-electron chi connectivity index (χ4n) is 1.83. The van der Waals surface area contributed by atoms with Gasteiger partial charge in [0.05, 0.1) is 0 Å². The molecule has 0 N–H and O–H groups in total. The Hall–Kier alpha value is 0.293. The van der Waals surface area contributed by atoms with Crippen molar-refractivity contribution < 1.29 is 26.2 Å². The van der Waals surface area contributed by atoms with Crippen molar-refractivity contribution in [1.82, 2.24) is 0 Å². The number of hydrogen-bond acceptors (Lipinski definition) is 0. The molecule has 0 aromatic heterocycles. The number of hydrogen-bond donors (Lipinski definition) is 0. The predicted octanol–water partition coefficient (Wildman–Crippen LogP) is 4.60. The van der Waals surface area contributed by atoms with E-state index < -0.39 is 0 Å². The van der Waals surface area contributed by atoms with Gasteiger partial charge in [-0.25, -0.2) is 0 Å². The molecular formula is C13H17Cl2Zr-. The molecule has 0 amide bonds. The first kappa shape index (κ1) is 18.7. The van der Waals surface area contributed by atoms with Crippen molar-refractivity contribution in [2.45, 2.75) is 20.3 Å². The van der Waals surface area contributed by atoms with E-state index in [4.69, 9.17) is 0 Å². The van der Waals surface area contributed by atoms with Gasteiger partial charge in [0.25, 0.3) is 0 Å². The van der Waals surface area contributed by atoms with Crippen LogP contribution < -0.4 is 0 Å². The zero-order valence-electron chi connectivity index (χ0n) is 9.57. The summed E-state index contributed by atoms with van der Waals surface area (Å²) in [7, 11) is 0. The van der Waals surface area contributed by atoms with Crippen LogP contribution in [-0.2, 0) is 32.6 Å². The maximum absolute atomic E-state index is 2.27. The van der Waals surface area contributed by atoms with Gasteiger partial charge in [-0.2, -0.15) is 6.07 Å². The molecule has 0 unspecified atom stereocenters. The summed E-state index contributed by atoms with van der Waals surface area (Å²) >= 11 is 0. The molecule has 2 aromatic carbocycles. The van der Waals surface area contributed by atoms with Crippen LogP contribution in [0.4, 0.5) is 0 Å². The summed E-state index contributed by atoms with van der Waals surface area (Å²) in [6.45, 7) is 4.53. The average Bonchev–Trinajstić information content (AvgIpc) is 2.48. The summed E-state index contributed by atoms with van der Waals surface area (Å²) in [6.07, 6.45) is 1.19. The molecule has 0 heterocycles. The molecule has 0 saturated carbocycles. The molecule has 0 aliphatic heterocycles. The second kappa shape index (κ2) is 8.39. The van der Waals surface area contributed by atoms with E-state index in [1.165, 1.54) is 22.8 Å². The van der Waals surface area contributed by atoms with Crippen LogP contribution in [0.3, 0.4) is 0 Å². The Bertz CT molecular complexity index is 407. The monoisotopic (exact) mass is 333 g/mol. The molecule has 2 rings (SSSR count). The van der Waals surface area contributed by atoms with Gasteiger partial charge in [0.2, 0.25) is 0 Å². The SMILES string of the molecule is CC(C)C[c-]1ccc2ccccc21.Cl.Cl.[Zr]. The van der Waals surface area contributed by atoms with Crippen molar-refractivity contribution in [3.63, 3.8) is 0 Å². The van der Waals surface area contributed by atoms with Crippen LogP contribution >= 0.6 is 24.8 Å². The minimum Gasteiger partial charge on any atom is -0.168 e. The van der Waals surface area contributed by atoms with Crippen LogP contribution in [0.5, 0.6) is 0 Å². The van der Waals surface area contributed by atoms with Gasteiger partial charge >= 0.3 is 0 Å². The fourth-order valence-corrected chi connectivity index (χ4v) is 1.83. The van der Waals surface area contributed by atoms with Crippen molar-refractivity contribution in [2.24, 2.45) is 5.92 Å². The molecule has 88 valence electrons. The zero-order valence-corrected chi connectivity index (χ0v) is 13.7. The third-order valence-corrected chi connectivity index (χ3v) is 2.40. The first-order valence-corrected chi connectivity index (χ1v) is 4.90. The number of fused-ring (bicyclic) bond motifs is 1. The van der Waals surface area contributed by atoms with Gasteiger partial charge in [-0.05, 0) is 0 Å². The predicted molar refractivity (Wildman–Crippen MR) is 72.6 cm³/mol. The molecule has 0 bridgehead atoms. The maximum Gasteiger partial charge on any atom is 0 e. The zero-order chi connectivity index (χ0) is 9.26. The van der Waals surface area contributed by atoms with Crippen LogP contribution in [0.15, 0.2) is 36.4 Å². The third kappa shape index (κ3) is 4.28. The van der Waals surface area contributed by atoms with E-state index in [9.17, 15) is 0 Å². The molecule has 0 radical (unpaired) electrons. The average molecular weight is 335 g/mol. The second-order valence-corrected chi connectivity index (χ2v) is 4.04. The summed E-state index contributed by atoms with van der Waals surface area (Å²) in [6, 6.07) is 13.1. The largest absolute Gasteiger partial charge is 0.168 e. The van der Waals surface area contributed by atoms with Crippen molar-refractivity contribution in [2.75, 3.05) is 0 Å². The van der Waals surface area contributed by atoms with Gasteiger partial charge < -0.3 is 0 Å². The Morgan fingerprint density at radius 2 is 1.69 bits per heavy atom. The van der Waals surface area contributed by atoms with Crippen LogP contribution in [0.1, 0.15) is 19.4 Å². The molecule has 0 fully saturated rings. The van der Waals surface area contributed by atoms with Crippen LogP contribution in [0.25, 0.3) is 10.8 Å². The molecule has 16 heavy (non-hydrogen) atoms. The van der Waals surface area contributed by atoms with Crippen molar-refractivity contribution in [1.29, 1.82) is 0 Å². The standard InChI is InChI=1S/C13H15.2ClH.Zr/c1-10(2)9-12-8-7-11-5-3-4-6-13(11)12;;;/h3-8,10H,9H2,1-2H3;2*1H;/q-1;;;. The van der Waals surface area contributed by atoms with Gasteiger partial charge in [0, 0.05) is 26.2 Å². The fraction of sp³-hybridized carbons (Fsp3) is 0.308. The summed E-state index contributed by atoms with van der Waals surface area (Å²) in [4.78, 5) is 0. The summed E-state index contributed by atoms with van der Waals surface area (Å²) in [5.41, 5.74) is 1.49. The molecule has 0 saturated heterocycles. The molecule has 0 nitrogen and oxygen atoms in total. The van der Waals surface area contributed by atoms with Crippen LogP contribution in [0.2, 0.25) is 0 Å². The van der Waals surface area contributed by atoms with E-state index in [1.807, 2.05) is 0 Å². The minimum absolute atomic E-state index is 0. The Morgan fingerprint density at radius 3 is 2.31 bits per heavy atom. The number of rotatable bonds is 2. The molecule has 0 spiro atoms. The smallest absolute Gasteiger partial charge is 0 e. The third-order valence-electron chi connectivity index (χ3n) is 2.40. The van der Waals surface area contributed by atoms with E-state index in [2.05, 4.69) is 50.2 Å². The van der Waals surface area contributed by atoms with Crippen molar-refractivity contribution >= 4 is 35.6 Å². The van der Waals surface area contributed by atoms with E-state index in [1.54, 1.807) is 0 Å². The first-order valence-electron chi connectivity index (χ1n) is 4.90. The number of benzene rings is 1. The van der Waals surface area contributed by atoms with Gasteiger partial charge in [0.15, 0.2) is 0 Å². The summed E-state index contributed by atoms with van der Waals surface area (Å²) in [5, 5.41) is 2.80. The Kier molecular flexibility index (Phi) is 9.79. The van der Waals surface area contributed by atoms with Gasteiger partial charge in [0.1, 0.15) is 0 Å². The molecular weight excluding hydrogens is 318 g/mol. The molecule has 0 atom stereocenters. The Balaban J connectivity index is 0. The van der Waals surface area contributed by atoms with E-state index in [0.29, 0.717) is 0 Å². The van der Waals surface area contributed by atoms with Gasteiger partial charge in [-0.3, -0.25) is 0 Å². The molecule has 0 aliphatic rings. The van der Waals surface area contributed by atoms with Gasteiger partial charge in [-0.15, -0.1) is 65.4 Å². The number of halogens is 2. The van der Waals surface area contributed by atoms with E-state index in [0.717, 1.165) is 5.92 Å². The van der Waals surface area contributed by atoms with Crippen molar-refractivity contribution in [3.8, 4) is 0 Å². The normalized spacial score (nSPS) is 9.19. The molecule has 3 heteroatoms. The summed E-state index contributed by atoms with van der Waals surface area (Å²) in [5.74, 6) is 0.741. The molecule has 0 aliphatic carbocycles. The van der Waals surface area contributed by atoms with Gasteiger partial charge in [-0.1, -0.05) is 32.3 Å². The topological polar surface area (TPSA) is 0 Å². The van der Waals surface area contributed by atoms with E-state index in [-0.39, 0.29) is 51.0 Å². The quantitative estimate of drug-likeness (QED) is 0.704. The molecule has 2 aromatic rings. The van der Waals surface area contributed by atoms with Crippen LogP contribution in [-0.4, -0.2) is 0 Å². The second-order valence-electron chi connectivity index (χ2n) is 4.04. The van der Waals surface area contributed by atoms with E-state index >= 15 is 0 Å². The van der Waals surface area contributed by atoms with Crippen LogP contribution in [0, 0.1) is 5.92 Å². The minimum atomic E-state index is 0. The first-order chi connectivity index (χ1) is 6.27. The Morgan fingerprint density at radius 1 is 1.06 bits per heavy atom. The Labute approximate surface area is 129 Å². The summed E-state index contributed by atoms with van der Waals surface area (Å²) < 4.78 is 0. The maximum atomic E-state index is 2.27. The van der Waals surface area contributed by atoms with Crippen molar-refractivity contribution in [3.05, 3.63) is 42.0 Å².